The highest BCUT2D eigenvalue weighted by Crippen LogP contribution is 2.48. The Morgan fingerprint density at radius 3 is 2.30 bits per heavy atom. The van der Waals surface area contributed by atoms with Crippen LogP contribution in [0, 0.1) is 17.3 Å². The Kier molecular flexibility index (Phi) is 4.82. The molecule has 4 fully saturated rings. The molecule has 2 aliphatic carbocycles. The first kappa shape index (κ1) is 18.2. The van der Waals surface area contributed by atoms with Gasteiger partial charge >= 0.3 is 6.61 Å². The van der Waals surface area contributed by atoms with E-state index < -0.39 is 6.61 Å². The van der Waals surface area contributed by atoms with E-state index in [4.69, 9.17) is 4.74 Å². The first-order valence-corrected chi connectivity index (χ1v) is 10.7. The fourth-order valence-electron chi connectivity index (χ4n) is 5.36. The number of hydrogen-bond donors (Lipinski definition) is 1. The summed E-state index contributed by atoms with van der Waals surface area (Å²) in [4.78, 5) is 1.08. The third kappa shape index (κ3) is 3.84. The number of benzene rings is 1. The van der Waals surface area contributed by atoms with Gasteiger partial charge in [-0.3, -0.25) is 0 Å². The second kappa shape index (κ2) is 7.17. The van der Waals surface area contributed by atoms with Crippen molar-refractivity contribution >= 4 is 11.9 Å². The maximum absolute atomic E-state index is 12.2. The van der Waals surface area contributed by atoms with Crippen LogP contribution in [0.3, 0.4) is 0 Å². The summed E-state index contributed by atoms with van der Waals surface area (Å²) in [5, 5.41) is 3.90. The van der Waals surface area contributed by atoms with E-state index in [0.717, 1.165) is 43.0 Å². The molecule has 148 valence electrons. The lowest BCUT2D eigenvalue weighted by atomic mass is 9.64. The fourth-order valence-corrected chi connectivity index (χ4v) is 6.45. The van der Waals surface area contributed by atoms with Crippen LogP contribution in [0.1, 0.15) is 25.7 Å². The molecular weight excluding hydrogens is 370 g/mol. The van der Waals surface area contributed by atoms with Crippen LogP contribution in [-0.4, -0.2) is 49.3 Å². The summed E-state index contributed by atoms with van der Waals surface area (Å²) in [6.45, 7) is 1.41. The summed E-state index contributed by atoms with van der Waals surface area (Å²) in [6, 6.07) is 8.33. The van der Waals surface area contributed by atoms with Crippen molar-refractivity contribution < 1.29 is 18.3 Å². The molecular formula is C20H26F2N2O2S. The van der Waals surface area contributed by atoms with E-state index in [1.54, 1.807) is 24.1 Å². The van der Waals surface area contributed by atoms with Crippen LogP contribution in [0.25, 0.3) is 0 Å². The van der Waals surface area contributed by atoms with Gasteiger partial charge in [0.25, 0.3) is 0 Å². The average Bonchev–Trinajstić information content (AvgIpc) is 3.08. The molecule has 27 heavy (non-hydrogen) atoms. The van der Waals surface area contributed by atoms with Crippen LogP contribution in [0.5, 0.6) is 5.75 Å². The predicted molar refractivity (Wildman–Crippen MR) is 99.9 cm³/mol. The summed E-state index contributed by atoms with van der Waals surface area (Å²) in [5.41, 5.74) is 0.537. The lowest BCUT2D eigenvalue weighted by Gasteiger charge is -2.54. The predicted octanol–water partition coefficient (Wildman–Crippen LogP) is 3.77. The van der Waals surface area contributed by atoms with Gasteiger partial charge in [-0.25, -0.2) is 4.31 Å². The number of hydrogen-bond acceptors (Lipinski definition) is 5. The highest BCUT2D eigenvalue weighted by molar-refractivity contribution is 7.97. The zero-order valence-electron chi connectivity index (χ0n) is 15.3. The van der Waals surface area contributed by atoms with Crippen LogP contribution in [-0.2, 0) is 4.74 Å². The second-order valence-electron chi connectivity index (χ2n) is 8.74. The minimum atomic E-state index is -2.77. The zero-order chi connectivity index (χ0) is 18.4. The summed E-state index contributed by atoms with van der Waals surface area (Å²) in [5.74, 6) is 1.77. The number of fused-ring (bicyclic) bond motifs is 1. The molecule has 0 aromatic heterocycles. The number of ether oxygens (including phenoxy) is 2. The van der Waals surface area contributed by atoms with E-state index >= 15 is 0 Å². The molecule has 4 nitrogen and oxygen atoms in total. The van der Waals surface area contributed by atoms with Crippen LogP contribution < -0.4 is 10.1 Å². The quantitative estimate of drug-likeness (QED) is 0.741. The van der Waals surface area contributed by atoms with Gasteiger partial charge in [0.05, 0.1) is 13.2 Å². The monoisotopic (exact) mass is 396 g/mol. The van der Waals surface area contributed by atoms with Crippen molar-refractivity contribution in [2.45, 2.75) is 49.3 Å². The Bertz CT molecular complexity index is 648. The van der Waals surface area contributed by atoms with E-state index in [2.05, 4.69) is 14.4 Å². The lowest BCUT2D eigenvalue weighted by molar-refractivity contribution is -0.168. The normalized spacial score (nSPS) is 32.5. The summed E-state index contributed by atoms with van der Waals surface area (Å²) in [6.07, 6.45) is 5.16. The standard InChI is InChI=1S/C20H26F2N2O2S/c21-19(22)26-17-1-3-18(4-2-17)27-24-9-13-5-15(6-14(13)10-24)23-16-7-20(8-16)11-25-12-20/h1-4,13-16,19,23H,5-12H2. The van der Waals surface area contributed by atoms with Gasteiger partial charge in [-0.1, -0.05) is 0 Å². The molecule has 0 bridgehead atoms. The highest BCUT2D eigenvalue weighted by atomic mass is 32.2. The van der Waals surface area contributed by atoms with Crippen LogP contribution in [0.2, 0.25) is 0 Å². The Morgan fingerprint density at radius 2 is 1.74 bits per heavy atom. The van der Waals surface area contributed by atoms with E-state index in [9.17, 15) is 8.78 Å². The second-order valence-corrected chi connectivity index (χ2v) is 9.91. The minimum absolute atomic E-state index is 0.216. The fraction of sp³-hybridized carbons (Fsp3) is 0.700. The Hall–Kier alpha value is -0.890. The van der Waals surface area contributed by atoms with Crippen molar-refractivity contribution in [1.82, 2.24) is 9.62 Å². The SMILES string of the molecule is FC(F)Oc1ccc(SN2CC3CC(NC4CC5(COC5)C4)CC3C2)cc1. The molecule has 2 saturated carbocycles. The highest BCUT2D eigenvalue weighted by Gasteiger charge is 2.51. The molecule has 2 atom stereocenters. The Balaban J connectivity index is 1.06. The van der Waals surface area contributed by atoms with Gasteiger partial charge in [0.2, 0.25) is 0 Å². The van der Waals surface area contributed by atoms with Gasteiger partial charge in [-0.15, -0.1) is 0 Å². The molecule has 1 N–H and O–H groups in total. The molecule has 7 heteroatoms. The summed E-state index contributed by atoms with van der Waals surface area (Å²) in [7, 11) is 0. The van der Waals surface area contributed by atoms with E-state index in [-0.39, 0.29) is 5.75 Å². The van der Waals surface area contributed by atoms with Crippen LogP contribution in [0.4, 0.5) is 8.78 Å². The topological polar surface area (TPSA) is 33.7 Å². The molecule has 2 heterocycles. The summed E-state index contributed by atoms with van der Waals surface area (Å²) >= 11 is 1.73. The molecule has 2 aliphatic heterocycles. The van der Waals surface area contributed by atoms with Gasteiger partial charge in [0, 0.05) is 35.5 Å². The number of halogens is 2. The van der Waals surface area contributed by atoms with Gasteiger partial charge in [0.15, 0.2) is 0 Å². The largest absolute Gasteiger partial charge is 0.435 e. The Morgan fingerprint density at radius 1 is 1.07 bits per heavy atom. The molecule has 5 rings (SSSR count). The molecule has 0 radical (unpaired) electrons. The first-order valence-electron chi connectivity index (χ1n) is 9.89. The average molecular weight is 397 g/mol. The maximum Gasteiger partial charge on any atom is 0.387 e. The minimum Gasteiger partial charge on any atom is -0.435 e. The van der Waals surface area contributed by atoms with E-state index in [0.29, 0.717) is 17.5 Å². The van der Waals surface area contributed by atoms with E-state index in [1.165, 1.54) is 25.7 Å². The first-order chi connectivity index (χ1) is 13.1. The molecule has 1 spiro atoms. The number of nitrogens with zero attached hydrogens (tertiary/aromatic N) is 1. The molecule has 4 aliphatic rings. The maximum atomic E-state index is 12.2. The molecule has 2 saturated heterocycles. The van der Waals surface area contributed by atoms with Crippen molar-refractivity contribution in [3.05, 3.63) is 24.3 Å². The summed E-state index contributed by atoms with van der Waals surface area (Å²) < 4.78 is 36.7. The van der Waals surface area contributed by atoms with Gasteiger partial charge in [-0.05, 0) is 73.7 Å². The molecule has 1 aromatic carbocycles. The van der Waals surface area contributed by atoms with Crippen molar-refractivity contribution in [3.63, 3.8) is 0 Å². The molecule has 0 amide bonds. The van der Waals surface area contributed by atoms with Crippen molar-refractivity contribution in [2.75, 3.05) is 26.3 Å². The lowest BCUT2D eigenvalue weighted by Crippen LogP contribution is -2.60. The third-order valence-corrected chi connectivity index (χ3v) is 7.69. The zero-order valence-corrected chi connectivity index (χ0v) is 16.1. The van der Waals surface area contributed by atoms with Crippen LogP contribution in [0.15, 0.2) is 29.2 Å². The number of rotatable bonds is 6. The van der Waals surface area contributed by atoms with Crippen molar-refractivity contribution in [2.24, 2.45) is 17.3 Å². The smallest absolute Gasteiger partial charge is 0.387 e. The van der Waals surface area contributed by atoms with E-state index in [1.807, 2.05) is 12.1 Å². The van der Waals surface area contributed by atoms with Crippen LogP contribution >= 0.6 is 11.9 Å². The molecule has 2 unspecified atom stereocenters. The van der Waals surface area contributed by atoms with Crippen molar-refractivity contribution in [3.8, 4) is 5.75 Å². The number of nitrogens with one attached hydrogen (secondary N) is 1. The molecule has 1 aromatic rings. The van der Waals surface area contributed by atoms with Gasteiger partial charge < -0.3 is 14.8 Å². The van der Waals surface area contributed by atoms with Gasteiger partial charge in [-0.2, -0.15) is 8.78 Å². The third-order valence-electron chi connectivity index (χ3n) is 6.65. The Labute approximate surface area is 163 Å². The van der Waals surface area contributed by atoms with Crippen molar-refractivity contribution in [1.29, 1.82) is 0 Å². The van der Waals surface area contributed by atoms with Gasteiger partial charge in [0.1, 0.15) is 5.75 Å². The number of alkyl halides is 2.